The van der Waals surface area contributed by atoms with Crippen LogP contribution in [0.5, 0.6) is 5.88 Å². The lowest BCUT2D eigenvalue weighted by atomic mass is 10.1. The van der Waals surface area contributed by atoms with Gasteiger partial charge in [-0.05, 0) is 31.5 Å². The molecule has 0 aliphatic carbocycles. The number of nitrogens with zero attached hydrogens (tertiary/aromatic N) is 4. The van der Waals surface area contributed by atoms with Crippen molar-refractivity contribution in [1.82, 2.24) is 25.0 Å². The molecule has 1 saturated heterocycles. The standard InChI is InChI=1S/C17H22ClN5O.C2HF3O2/c18-13-3-4-17(20-9-13)24-16-2-1-6-22(12-16)11-14-8-15-10-19-5-7-23(15)21-14;3-2(4,5)1(6)7/h3-4,8-9,16,19H,1-2,5-7,10-12H2;(H,6,7). The summed E-state index contributed by atoms with van der Waals surface area (Å²) in [6.45, 7) is 5.76. The molecule has 1 atom stereocenters. The molecule has 8 nitrogen and oxygen atoms in total. The number of ether oxygens (including phenoxy) is 1. The maximum absolute atomic E-state index is 10.6. The Hall–Kier alpha value is -2.37. The lowest BCUT2D eigenvalue weighted by Crippen LogP contribution is -2.40. The second-order valence-corrected chi connectivity index (χ2v) is 7.70. The average Bonchev–Trinajstić information content (AvgIpc) is 3.12. The summed E-state index contributed by atoms with van der Waals surface area (Å²) in [5.74, 6) is -2.11. The summed E-state index contributed by atoms with van der Waals surface area (Å²) < 4.78 is 39.9. The number of pyridine rings is 1. The van der Waals surface area contributed by atoms with E-state index in [9.17, 15) is 13.2 Å². The molecule has 0 saturated carbocycles. The molecule has 2 aliphatic rings. The highest BCUT2D eigenvalue weighted by atomic mass is 35.5. The molecule has 0 bridgehead atoms. The monoisotopic (exact) mass is 461 g/mol. The van der Waals surface area contributed by atoms with Crippen LogP contribution in [0.25, 0.3) is 0 Å². The number of rotatable bonds is 4. The highest BCUT2D eigenvalue weighted by Crippen LogP contribution is 2.20. The third kappa shape index (κ3) is 7.08. The molecule has 4 rings (SSSR count). The van der Waals surface area contributed by atoms with Crippen molar-refractivity contribution in [2.75, 3.05) is 19.6 Å². The van der Waals surface area contributed by atoms with Gasteiger partial charge in [0.2, 0.25) is 5.88 Å². The molecule has 0 aromatic carbocycles. The highest BCUT2D eigenvalue weighted by Gasteiger charge is 2.38. The first-order valence-corrected chi connectivity index (χ1v) is 10.2. The number of piperidine rings is 1. The predicted molar refractivity (Wildman–Crippen MR) is 106 cm³/mol. The van der Waals surface area contributed by atoms with E-state index in [4.69, 9.17) is 31.3 Å². The number of hydrogen-bond acceptors (Lipinski definition) is 6. The van der Waals surface area contributed by atoms with Gasteiger partial charge in [0, 0.05) is 38.4 Å². The van der Waals surface area contributed by atoms with E-state index < -0.39 is 12.1 Å². The topological polar surface area (TPSA) is 92.5 Å². The Morgan fingerprint density at radius 1 is 1.35 bits per heavy atom. The number of nitrogens with one attached hydrogen (secondary N) is 1. The van der Waals surface area contributed by atoms with Crippen molar-refractivity contribution >= 4 is 17.6 Å². The molecule has 1 fully saturated rings. The summed E-state index contributed by atoms with van der Waals surface area (Å²) in [5.41, 5.74) is 2.44. The number of carboxylic acid groups (broad SMARTS) is 1. The summed E-state index contributed by atoms with van der Waals surface area (Å²) in [6.07, 6.45) is -1.09. The summed E-state index contributed by atoms with van der Waals surface area (Å²) >= 11 is 5.87. The number of alkyl halides is 3. The SMILES string of the molecule is Clc1ccc(OC2CCCN(Cc3cc4n(n3)CCNC4)C2)nc1.O=C(O)C(F)(F)F. The molecular weight excluding hydrogens is 439 g/mol. The van der Waals surface area contributed by atoms with Gasteiger partial charge < -0.3 is 15.2 Å². The first-order chi connectivity index (χ1) is 14.7. The number of carbonyl (C=O) groups is 1. The van der Waals surface area contributed by atoms with E-state index in [0.717, 1.165) is 57.8 Å². The van der Waals surface area contributed by atoms with Crippen molar-refractivity contribution in [2.45, 2.75) is 44.8 Å². The van der Waals surface area contributed by atoms with Gasteiger partial charge in [-0.2, -0.15) is 18.3 Å². The van der Waals surface area contributed by atoms with Gasteiger partial charge in [-0.3, -0.25) is 9.58 Å². The molecule has 170 valence electrons. The Balaban J connectivity index is 0.000000339. The fraction of sp³-hybridized carbons (Fsp3) is 0.526. The van der Waals surface area contributed by atoms with Crippen molar-refractivity contribution in [2.24, 2.45) is 0 Å². The van der Waals surface area contributed by atoms with Gasteiger partial charge in [-0.1, -0.05) is 11.6 Å². The van der Waals surface area contributed by atoms with Crippen LogP contribution in [-0.4, -0.2) is 62.7 Å². The molecule has 4 heterocycles. The zero-order valence-electron chi connectivity index (χ0n) is 16.6. The van der Waals surface area contributed by atoms with Crippen LogP contribution in [0.3, 0.4) is 0 Å². The van der Waals surface area contributed by atoms with Crippen LogP contribution in [-0.2, 0) is 24.4 Å². The Morgan fingerprint density at radius 2 is 2.13 bits per heavy atom. The van der Waals surface area contributed by atoms with Crippen LogP contribution in [0.1, 0.15) is 24.2 Å². The van der Waals surface area contributed by atoms with Crippen molar-refractivity contribution in [3.63, 3.8) is 0 Å². The molecule has 2 N–H and O–H groups in total. The van der Waals surface area contributed by atoms with Gasteiger partial charge in [0.25, 0.3) is 0 Å². The van der Waals surface area contributed by atoms with Crippen LogP contribution >= 0.6 is 11.6 Å². The van der Waals surface area contributed by atoms with Gasteiger partial charge in [-0.25, -0.2) is 9.78 Å². The molecule has 0 spiro atoms. The van der Waals surface area contributed by atoms with Crippen molar-refractivity contribution in [3.8, 4) is 5.88 Å². The van der Waals surface area contributed by atoms with Crippen LogP contribution in [0.4, 0.5) is 13.2 Å². The van der Waals surface area contributed by atoms with Crippen LogP contribution in [0, 0.1) is 0 Å². The van der Waals surface area contributed by atoms with Crippen molar-refractivity contribution < 1.29 is 27.8 Å². The minimum atomic E-state index is -5.08. The minimum Gasteiger partial charge on any atom is -0.475 e. The predicted octanol–water partition coefficient (Wildman–Crippen LogP) is 2.71. The Morgan fingerprint density at radius 3 is 2.77 bits per heavy atom. The second-order valence-electron chi connectivity index (χ2n) is 7.26. The Labute approximate surface area is 182 Å². The number of aromatic nitrogens is 3. The van der Waals surface area contributed by atoms with Crippen LogP contribution in [0.2, 0.25) is 5.02 Å². The molecule has 0 radical (unpaired) electrons. The van der Waals surface area contributed by atoms with Crippen molar-refractivity contribution in [1.29, 1.82) is 0 Å². The number of aliphatic carboxylic acids is 1. The molecule has 12 heteroatoms. The Kier molecular flexibility index (Phi) is 7.74. The Bertz CT molecular complexity index is 852. The van der Waals surface area contributed by atoms with Gasteiger partial charge in [0.1, 0.15) is 6.10 Å². The summed E-state index contributed by atoms with van der Waals surface area (Å²) in [6, 6.07) is 5.86. The zero-order valence-corrected chi connectivity index (χ0v) is 17.4. The van der Waals surface area contributed by atoms with Gasteiger partial charge in [0.05, 0.1) is 23.0 Å². The van der Waals surface area contributed by atoms with E-state index in [0.29, 0.717) is 10.9 Å². The first kappa shape index (κ1) is 23.3. The number of likely N-dealkylation sites (tertiary alicyclic amines) is 1. The van der Waals surface area contributed by atoms with Gasteiger partial charge in [-0.15, -0.1) is 0 Å². The number of halogens is 4. The third-order valence-electron chi connectivity index (χ3n) is 4.80. The van der Waals surface area contributed by atoms with E-state index >= 15 is 0 Å². The molecule has 1 unspecified atom stereocenters. The zero-order chi connectivity index (χ0) is 22.4. The molecule has 2 aliphatic heterocycles. The van der Waals surface area contributed by atoms with E-state index in [1.165, 1.54) is 5.69 Å². The normalized spacial score (nSPS) is 19.2. The summed E-state index contributed by atoms with van der Waals surface area (Å²) in [4.78, 5) is 15.5. The molecule has 2 aromatic heterocycles. The number of hydrogen-bond donors (Lipinski definition) is 2. The molecular formula is C19H23ClF3N5O3. The fourth-order valence-electron chi connectivity index (χ4n) is 3.41. The summed E-state index contributed by atoms with van der Waals surface area (Å²) in [5, 5.41) is 15.9. The quantitative estimate of drug-likeness (QED) is 0.723. The smallest absolute Gasteiger partial charge is 0.475 e. The first-order valence-electron chi connectivity index (χ1n) is 9.77. The summed E-state index contributed by atoms with van der Waals surface area (Å²) in [7, 11) is 0. The van der Waals surface area contributed by atoms with Crippen LogP contribution < -0.4 is 10.1 Å². The van der Waals surface area contributed by atoms with Crippen molar-refractivity contribution in [3.05, 3.63) is 40.8 Å². The minimum absolute atomic E-state index is 0.173. The van der Waals surface area contributed by atoms with Gasteiger partial charge in [0.15, 0.2) is 0 Å². The van der Waals surface area contributed by atoms with Gasteiger partial charge >= 0.3 is 12.1 Å². The van der Waals surface area contributed by atoms with E-state index in [-0.39, 0.29) is 6.10 Å². The number of fused-ring (bicyclic) bond motifs is 1. The average molecular weight is 462 g/mol. The second kappa shape index (κ2) is 10.3. The fourth-order valence-corrected chi connectivity index (χ4v) is 3.53. The largest absolute Gasteiger partial charge is 0.490 e. The van der Waals surface area contributed by atoms with Crippen LogP contribution in [0.15, 0.2) is 24.4 Å². The maximum atomic E-state index is 10.6. The number of carboxylic acids is 1. The van der Waals surface area contributed by atoms with E-state index in [2.05, 4.69) is 25.9 Å². The van der Waals surface area contributed by atoms with E-state index in [1.807, 2.05) is 12.1 Å². The molecule has 31 heavy (non-hydrogen) atoms. The molecule has 0 amide bonds. The van der Waals surface area contributed by atoms with E-state index in [1.54, 1.807) is 6.20 Å². The lowest BCUT2D eigenvalue weighted by molar-refractivity contribution is -0.192. The highest BCUT2D eigenvalue weighted by molar-refractivity contribution is 6.30. The maximum Gasteiger partial charge on any atom is 0.490 e. The lowest BCUT2D eigenvalue weighted by Gasteiger charge is -2.32. The third-order valence-corrected chi connectivity index (χ3v) is 5.02. The molecule has 2 aromatic rings.